The first kappa shape index (κ1) is 25.1. The number of amides is 2. The van der Waals surface area contributed by atoms with E-state index in [9.17, 15) is 27.2 Å². The van der Waals surface area contributed by atoms with Gasteiger partial charge in [-0.15, -0.1) is 0 Å². The molecule has 0 bridgehead atoms. The highest BCUT2D eigenvalue weighted by molar-refractivity contribution is 5.99. The van der Waals surface area contributed by atoms with Crippen LogP contribution in [-0.4, -0.2) is 72.8 Å². The Labute approximate surface area is 191 Å². The maximum absolute atomic E-state index is 13.5. The molecule has 6 nitrogen and oxygen atoms in total. The molecule has 2 aliphatic heterocycles. The Morgan fingerprint density at radius 2 is 1.58 bits per heavy atom. The third-order valence-corrected chi connectivity index (χ3v) is 6.02. The van der Waals surface area contributed by atoms with E-state index in [0.717, 1.165) is 23.3 Å². The molecule has 0 atom stereocenters. The van der Waals surface area contributed by atoms with Crippen molar-refractivity contribution in [2.45, 2.75) is 51.9 Å². The molecule has 33 heavy (non-hydrogen) atoms. The number of alkyl halides is 4. The molecule has 3 aliphatic rings. The largest absolute Gasteiger partial charge is 0.496 e. The normalized spacial score (nSPS) is 22.8. The van der Waals surface area contributed by atoms with Crippen molar-refractivity contribution in [1.29, 1.82) is 0 Å². The van der Waals surface area contributed by atoms with E-state index in [1.165, 1.54) is 11.0 Å². The number of nitrogens with zero attached hydrogens (tertiary/aromatic N) is 2. The molecule has 3 rings (SSSR count). The van der Waals surface area contributed by atoms with E-state index in [1.807, 2.05) is 6.92 Å². The van der Waals surface area contributed by atoms with Gasteiger partial charge in [0.05, 0.1) is 45.0 Å². The number of hydrogen-bond acceptors (Lipinski definition) is 4. The van der Waals surface area contributed by atoms with E-state index >= 15 is 0 Å². The third kappa shape index (κ3) is 6.74. The summed E-state index contributed by atoms with van der Waals surface area (Å²) < 4.78 is 58.7. The molecular weight excluding hydrogens is 442 g/mol. The first-order valence-corrected chi connectivity index (χ1v) is 11.2. The number of hydrogen-bond donors (Lipinski definition) is 1. The quantitative estimate of drug-likeness (QED) is 0.229. The second-order valence-corrected chi connectivity index (χ2v) is 9.08. The predicted octanol–water partition coefficient (Wildman–Crippen LogP) is 3.47. The second kappa shape index (κ2) is 9.77. The highest BCUT2D eigenvalue weighted by Crippen LogP contribution is 2.34. The average molecular weight is 474 g/mol. The van der Waals surface area contributed by atoms with Crippen molar-refractivity contribution in [2.75, 3.05) is 39.3 Å². The van der Waals surface area contributed by atoms with E-state index in [1.54, 1.807) is 19.9 Å². The van der Waals surface area contributed by atoms with Gasteiger partial charge in [0.1, 0.15) is 5.76 Å². The van der Waals surface area contributed by atoms with Crippen molar-refractivity contribution in [3.8, 4) is 0 Å². The SMILES string of the molecule is CCC(C)=C(/C=C\C(=C(/C)OCC1CC1)N1CC(F)(F)C1)C(=O)NCC(=O)N1CC(F)(F)C1. The summed E-state index contributed by atoms with van der Waals surface area (Å²) in [7, 11) is 0. The van der Waals surface area contributed by atoms with Crippen LogP contribution < -0.4 is 5.32 Å². The fourth-order valence-corrected chi connectivity index (χ4v) is 3.55. The Kier molecular flexibility index (Phi) is 7.43. The molecule has 184 valence electrons. The minimum atomic E-state index is -2.87. The van der Waals surface area contributed by atoms with Gasteiger partial charge in [0.25, 0.3) is 17.8 Å². The Balaban J connectivity index is 1.68. The molecule has 0 unspecified atom stereocenters. The molecular formula is C23H31F4N3O3. The van der Waals surface area contributed by atoms with Gasteiger partial charge in [-0.3, -0.25) is 9.59 Å². The lowest BCUT2D eigenvalue weighted by atomic mass is 10.0. The molecule has 1 saturated carbocycles. The topological polar surface area (TPSA) is 61.9 Å². The Hall–Kier alpha value is -2.52. The van der Waals surface area contributed by atoms with Crippen molar-refractivity contribution < 1.29 is 31.9 Å². The van der Waals surface area contributed by atoms with Gasteiger partial charge >= 0.3 is 0 Å². The number of ether oxygens (including phenoxy) is 1. The van der Waals surface area contributed by atoms with Crippen LogP contribution in [0, 0.1) is 5.92 Å². The molecule has 3 fully saturated rings. The summed E-state index contributed by atoms with van der Waals surface area (Å²) in [5, 5.41) is 2.48. The number of likely N-dealkylation sites (tertiary alicyclic amines) is 2. The molecule has 1 N–H and O–H groups in total. The summed E-state index contributed by atoms with van der Waals surface area (Å²) in [4.78, 5) is 27.2. The number of rotatable bonds is 10. The standard InChI is InChI=1S/C23H31F4N3O3/c1-4-15(2)18(21(32)28-9-20(31)30-13-23(26,27)14-30)7-8-19(29-11-22(24,25)12-29)16(3)33-10-17-5-6-17/h7-8,17H,4-6,9-14H2,1-3H3,(H,28,32)/b8-7-,18-15?,19-16-. The highest BCUT2D eigenvalue weighted by atomic mass is 19.3. The first-order chi connectivity index (χ1) is 15.4. The van der Waals surface area contributed by atoms with Crippen molar-refractivity contribution in [3.63, 3.8) is 0 Å². The van der Waals surface area contributed by atoms with Crippen LogP contribution in [0.1, 0.15) is 40.0 Å². The van der Waals surface area contributed by atoms with Crippen LogP contribution in [0.2, 0.25) is 0 Å². The number of nitrogens with one attached hydrogen (secondary N) is 1. The van der Waals surface area contributed by atoms with Gasteiger partial charge < -0.3 is 19.9 Å². The van der Waals surface area contributed by atoms with Crippen molar-refractivity contribution in [3.05, 3.63) is 34.8 Å². The maximum atomic E-state index is 13.5. The summed E-state index contributed by atoms with van der Waals surface area (Å²) in [5.74, 6) is -5.75. The van der Waals surface area contributed by atoms with Gasteiger partial charge in [0.15, 0.2) is 0 Å². The first-order valence-electron chi connectivity index (χ1n) is 11.2. The smallest absolute Gasteiger partial charge is 0.282 e. The molecule has 1 aliphatic carbocycles. The highest BCUT2D eigenvalue weighted by Gasteiger charge is 2.46. The molecule has 2 amide bonds. The summed E-state index contributed by atoms with van der Waals surface area (Å²) in [6, 6.07) is 0. The number of carbonyl (C=O) groups excluding carboxylic acids is 2. The number of carbonyl (C=O) groups is 2. The molecule has 0 aromatic carbocycles. The van der Waals surface area contributed by atoms with Crippen LogP contribution in [0.15, 0.2) is 34.8 Å². The van der Waals surface area contributed by atoms with Crippen LogP contribution in [0.3, 0.4) is 0 Å². The molecule has 2 heterocycles. The van der Waals surface area contributed by atoms with Crippen molar-refractivity contribution in [2.24, 2.45) is 5.92 Å². The fourth-order valence-electron chi connectivity index (χ4n) is 3.55. The van der Waals surface area contributed by atoms with E-state index < -0.39 is 56.4 Å². The lowest BCUT2D eigenvalue weighted by Gasteiger charge is -2.41. The fraction of sp³-hybridized carbons (Fsp3) is 0.652. The van der Waals surface area contributed by atoms with E-state index in [2.05, 4.69) is 5.32 Å². The summed E-state index contributed by atoms with van der Waals surface area (Å²) in [6.45, 7) is 3.33. The molecule has 2 saturated heterocycles. The van der Waals surface area contributed by atoms with Gasteiger partial charge in [-0.25, -0.2) is 17.6 Å². The minimum absolute atomic E-state index is 0.291. The van der Waals surface area contributed by atoms with Gasteiger partial charge in [0.2, 0.25) is 5.91 Å². The summed E-state index contributed by atoms with van der Waals surface area (Å²) in [6.07, 6.45) is 5.86. The summed E-state index contributed by atoms with van der Waals surface area (Å²) >= 11 is 0. The Morgan fingerprint density at radius 1 is 1.00 bits per heavy atom. The maximum Gasteiger partial charge on any atom is 0.282 e. The second-order valence-electron chi connectivity index (χ2n) is 9.08. The van der Waals surface area contributed by atoms with Crippen LogP contribution >= 0.6 is 0 Å². The Bertz CT molecular complexity index is 862. The van der Waals surface area contributed by atoms with Gasteiger partial charge in [0, 0.05) is 5.57 Å². The van der Waals surface area contributed by atoms with Crippen molar-refractivity contribution in [1.82, 2.24) is 15.1 Å². The third-order valence-electron chi connectivity index (χ3n) is 6.02. The Morgan fingerprint density at radius 3 is 2.09 bits per heavy atom. The van der Waals surface area contributed by atoms with Crippen LogP contribution in [-0.2, 0) is 14.3 Å². The van der Waals surface area contributed by atoms with Crippen molar-refractivity contribution >= 4 is 11.8 Å². The lowest BCUT2D eigenvalue weighted by Crippen LogP contribution is -2.60. The van der Waals surface area contributed by atoms with Crippen LogP contribution in [0.5, 0.6) is 0 Å². The van der Waals surface area contributed by atoms with Gasteiger partial charge in [-0.2, -0.15) is 0 Å². The van der Waals surface area contributed by atoms with Gasteiger partial charge in [-0.1, -0.05) is 12.5 Å². The molecule has 0 radical (unpaired) electrons. The molecule has 0 spiro atoms. The summed E-state index contributed by atoms with van der Waals surface area (Å²) in [5.41, 5.74) is 1.50. The molecule has 10 heteroatoms. The van der Waals surface area contributed by atoms with E-state index in [4.69, 9.17) is 4.74 Å². The van der Waals surface area contributed by atoms with E-state index in [-0.39, 0.29) is 0 Å². The van der Waals surface area contributed by atoms with Crippen LogP contribution in [0.25, 0.3) is 0 Å². The average Bonchev–Trinajstić information content (AvgIpc) is 3.53. The lowest BCUT2D eigenvalue weighted by molar-refractivity contribution is -0.165. The zero-order valence-electron chi connectivity index (χ0n) is 19.2. The number of halogens is 4. The predicted molar refractivity (Wildman–Crippen MR) is 115 cm³/mol. The van der Waals surface area contributed by atoms with Crippen LogP contribution in [0.4, 0.5) is 17.6 Å². The monoisotopic (exact) mass is 473 g/mol. The zero-order chi connectivity index (χ0) is 24.4. The number of allylic oxidation sites excluding steroid dienone is 3. The molecule has 0 aromatic rings. The van der Waals surface area contributed by atoms with E-state index in [0.29, 0.717) is 36.0 Å². The molecule has 0 aromatic heterocycles. The zero-order valence-corrected chi connectivity index (χ0v) is 19.2. The minimum Gasteiger partial charge on any atom is -0.496 e. The van der Waals surface area contributed by atoms with Gasteiger partial charge in [-0.05, 0) is 51.2 Å².